The summed E-state index contributed by atoms with van der Waals surface area (Å²) in [7, 11) is -3.40. The maximum absolute atomic E-state index is 12.5. The monoisotopic (exact) mass is 400 g/mol. The van der Waals surface area contributed by atoms with Crippen LogP contribution in [0.1, 0.15) is 16.8 Å². The highest BCUT2D eigenvalue weighted by Gasteiger charge is 2.30. The Kier molecular flexibility index (Phi) is 4.77. The lowest BCUT2D eigenvalue weighted by Crippen LogP contribution is -2.26. The molecule has 0 saturated carbocycles. The van der Waals surface area contributed by atoms with E-state index in [9.17, 15) is 13.2 Å². The van der Waals surface area contributed by atoms with Crippen LogP contribution in [-0.4, -0.2) is 31.6 Å². The van der Waals surface area contributed by atoms with Crippen LogP contribution < -0.4 is 15.4 Å². The van der Waals surface area contributed by atoms with Crippen LogP contribution >= 0.6 is 23.2 Å². The number of carbonyl (C=O) groups excluding carboxylic acids is 1. The minimum Gasteiger partial charge on any atom is -0.399 e. The molecule has 0 aliphatic carbocycles. The van der Waals surface area contributed by atoms with E-state index in [1.54, 1.807) is 12.1 Å². The molecule has 1 aromatic heterocycles. The molecule has 3 N–H and O–H groups in total. The number of carbonyl (C=O) groups is 1. The number of nitrogen functional groups attached to an aromatic ring is 1. The Bertz CT molecular complexity index is 930. The molecular weight excluding hydrogens is 387 g/mol. The topological polar surface area (TPSA) is 105 Å². The van der Waals surface area contributed by atoms with Crippen molar-refractivity contribution in [1.82, 2.24) is 4.98 Å². The second-order valence-electron chi connectivity index (χ2n) is 5.49. The highest BCUT2D eigenvalue weighted by atomic mass is 35.5. The molecule has 0 bridgehead atoms. The first-order valence-corrected chi connectivity index (χ1v) is 9.66. The molecule has 10 heteroatoms. The number of nitrogens with one attached hydrogen (secondary N) is 1. The number of hydrogen-bond acceptors (Lipinski definition) is 5. The van der Waals surface area contributed by atoms with Gasteiger partial charge in [0.1, 0.15) is 5.82 Å². The second-order valence-corrected chi connectivity index (χ2v) is 8.35. The summed E-state index contributed by atoms with van der Waals surface area (Å²) in [5.41, 5.74) is 6.60. The molecule has 0 unspecified atom stereocenters. The van der Waals surface area contributed by atoms with Crippen molar-refractivity contribution in [2.75, 3.05) is 27.7 Å². The van der Waals surface area contributed by atoms with Crippen LogP contribution in [0.3, 0.4) is 0 Å². The molecule has 25 heavy (non-hydrogen) atoms. The van der Waals surface area contributed by atoms with E-state index < -0.39 is 15.9 Å². The summed E-state index contributed by atoms with van der Waals surface area (Å²) < 4.78 is 25.2. The third kappa shape index (κ3) is 3.81. The normalized spacial score (nSPS) is 16.0. The van der Waals surface area contributed by atoms with Gasteiger partial charge in [0, 0.05) is 29.1 Å². The Hall–Kier alpha value is -2.03. The zero-order valence-corrected chi connectivity index (χ0v) is 15.2. The van der Waals surface area contributed by atoms with Gasteiger partial charge in [0.2, 0.25) is 10.0 Å². The fourth-order valence-corrected chi connectivity index (χ4v) is 4.46. The molecule has 0 spiro atoms. The molecule has 2 heterocycles. The summed E-state index contributed by atoms with van der Waals surface area (Å²) in [5.74, 6) is -0.301. The van der Waals surface area contributed by atoms with Crippen molar-refractivity contribution < 1.29 is 13.2 Å². The molecular formula is C15H14Cl2N4O3S. The van der Waals surface area contributed by atoms with E-state index in [0.717, 1.165) is 0 Å². The first kappa shape index (κ1) is 17.8. The lowest BCUT2D eigenvalue weighted by Gasteiger charge is -2.17. The van der Waals surface area contributed by atoms with Gasteiger partial charge in [-0.3, -0.25) is 9.10 Å². The Morgan fingerprint density at radius 3 is 2.64 bits per heavy atom. The van der Waals surface area contributed by atoms with Gasteiger partial charge in [-0.05, 0) is 30.7 Å². The minimum absolute atomic E-state index is 0.0562. The van der Waals surface area contributed by atoms with E-state index in [2.05, 4.69) is 10.3 Å². The van der Waals surface area contributed by atoms with Crippen molar-refractivity contribution >= 4 is 56.3 Å². The van der Waals surface area contributed by atoms with Crippen molar-refractivity contribution in [3.63, 3.8) is 0 Å². The summed E-state index contributed by atoms with van der Waals surface area (Å²) in [6.45, 7) is 0.322. The van der Waals surface area contributed by atoms with E-state index >= 15 is 0 Å². The Morgan fingerprint density at radius 1 is 1.24 bits per heavy atom. The number of rotatable bonds is 3. The third-order valence-electron chi connectivity index (χ3n) is 3.62. The van der Waals surface area contributed by atoms with Crippen LogP contribution in [0.4, 0.5) is 17.2 Å². The summed E-state index contributed by atoms with van der Waals surface area (Å²) in [6.07, 6.45) is 1.77. The number of halogens is 2. The summed E-state index contributed by atoms with van der Waals surface area (Å²) in [6, 6.07) is 5.99. The summed E-state index contributed by atoms with van der Waals surface area (Å²) >= 11 is 12.0. The number of hydrogen-bond donors (Lipinski definition) is 2. The predicted molar refractivity (Wildman–Crippen MR) is 98.8 cm³/mol. The van der Waals surface area contributed by atoms with Crippen LogP contribution in [0.15, 0.2) is 30.5 Å². The van der Waals surface area contributed by atoms with E-state index in [1.807, 2.05) is 0 Å². The van der Waals surface area contributed by atoms with Crippen molar-refractivity contribution in [3.8, 4) is 0 Å². The van der Waals surface area contributed by atoms with Crippen LogP contribution in [-0.2, 0) is 10.0 Å². The van der Waals surface area contributed by atoms with E-state index in [4.69, 9.17) is 28.9 Å². The van der Waals surface area contributed by atoms with Crippen LogP contribution in [0.5, 0.6) is 0 Å². The van der Waals surface area contributed by atoms with Crippen LogP contribution in [0.2, 0.25) is 10.0 Å². The second kappa shape index (κ2) is 6.70. The van der Waals surface area contributed by atoms with Gasteiger partial charge in [-0.2, -0.15) is 0 Å². The molecule has 7 nitrogen and oxygen atoms in total. The molecule has 1 aromatic carbocycles. The molecule has 1 amide bonds. The summed E-state index contributed by atoms with van der Waals surface area (Å²) in [5, 5.41) is 3.12. The molecule has 1 aliphatic heterocycles. The Labute approximate surface area is 154 Å². The predicted octanol–water partition coefficient (Wildman–Crippen LogP) is 2.76. The fraction of sp³-hybridized carbons (Fsp3) is 0.200. The highest BCUT2D eigenvalue weighted by Crippen LogP contribution is 2.27. The standard InChI is InChI=1S/C15H14Cl2N4O3S/c16-9-4-10(18)6-11(5-9)20-15(22)12-7-14(19-8-13(12)17)21-2-1-3-25(21,23)24/h4-8H,1-3,18H2,(H,20,22). The first-order valence-electron chi connectivity index (χ1n) is 7.30. The number of anilines is 3. The molecule has 1 aliphatic rings. The van der Waals surface area contributed by atoms with Crippen molar-refractivity contribution in [2.45, 2.75) is 6.42 Å². The third-order valence-corrected chi connectivity index (χ3v) is 5.98. The molecule has 3 rings (SSSR count). The molecule has 0 atom stereocenters. The average Bonchev–Trinajstić information content (AvgIpc) is 2.86. The quantitative estimate of drug-likeness (QED) is 0.770. The maximum Gasteiger partial charge on any atom is 0.257 e. The summed E-state index contributed by atoms with van der Waals surface area (Å²) in [4.78, 5) is 16.5. The zero-order chi connectivity index (χ0) is 18.2. The fourth-order valence-electron chi connectivity index (χ4n) is 2.52. The minimum atomic E-state index is -3.40. The van der Waals surface area contributed by atoms with Gasteiger partial charge in [0.25, 0.3) is 5.91 Å². The van der Waals surface area contributed by atoms with Crippen molar-refractivity contribution in [1.29, 1.82) is 0 Å². The lowest BCUT2D eigenvalue weighted by molar-refractivity contribution is 0.102. The zero-order valence-electron chi connectivity index (χ0n) is 12.9. The molecule has 0 radical (unpaired) electrons. The van der Waals surface area contributed by atoms with E-state index in [1.165, 1.54) is 22.6 Å². The maximum atomic E-state index is 12.5. The number of benzene rings is 1. The van der Waals surface area contributed by atoms with Gasteiger partial charge in [0.05, 0.1) is 16.3 Å². The smallest absolute Gasteiger partial charge is 0.257 e. The van der Waals surface area contributed by atoms with Gasteiger partial charge < -0.3 is 11.1 Å². The van der Waals surface area contributed by atoms with E-state index in [0.29, 0.717) is 29.4 Å². The Morgan fingerprint density at radius 2 is 2.00 bits per heavy atom. The molecule has 1 saturated heterocycles. The van der Waals surface area contributed by atoms with Gasteiger partial charge in [-0.15, -0.1) is 0 Å². The van der Waals surface area contributed by atoms with Crippen LogP contribution in [0.25, 0.3) is 0 Å². The van der Waals surface area contributed by atoms with Gasteiger partial charge in [0.15, 0.2) is 0 Å². The number of amides is 1. The van der Waals surface area contributed by atoms with Gasteiger partial charge in [-0.1, -0.05) is 23.2 Å². The lowest BCUT2D eigenvalue weighted by atomic mass is 10.2. The average molecular weight is 401 g/mol. The SMILES string of the molecule is Nc1cc(Cl)cc(NC(=O)c2cc(N3CCCS3(=O)=O)ncc2Cl)c1. The van der Waals surface area contributed by atoms with Crippen molar-refractivity contribution in [3.05, 3.63) is 46.1 Å². The van der Waals surface area contributed by atoms with Gasteiger partial charge >= 0.3 is 0 Å². The molecule has 132 valence electrons. The number of aromatic nitrogens is 1. The number of sulfonamides is 1. The van der Waals surface area contributed by atoms with Crippen LogP contribution in [0, 0.1) is 0 Å². The number of pyridine rings is 1. The van der Waals surface area contributed by atoms with E-state index in [-0.39, 0.29) is 22.2 Å². The molecule has 2 aromatic rings. The largest absolute Gasteiger partial charge is 0.399 e. The molecule has 1 fully saturated rings. The van der Waals surface area contributed by atoms with Gasteiger partial charge in [-0.25, -0.2) is 13.4 Å². The highest BCUT2D eigenvalue weighted by molar-refractivity contribution is 7.93. The van der Waals surface area contributed by atoms with Crippen molar-refractivity contribution in [2.24, 2.45) is 0 Å². The first-order chi connectivity index (χ1) is 11.8. The number of nitrogens with two attached hydrogens (primary N) is 1. The Balaban J connectivity index is 1.91. The number of nitrogens with zero attached hydrogens (tertiary/aromatic N) is 2.